The fraction of sp³-hybridized carbons (Fsp3) is 0.154. The molecule has 0 saturated carbocycles. The second-order valence-corrected chi connectivity index (χ2v) is 6.97. The van der Waals surface area contributed by atoms with Gasteiger partial charge in [-0.05, 0) is 36.3 Å². The lowest BCUT2D eigenvalue weighted by molar-refractivity contribution is -0.136. The second-order valence-electron chi connectivity index (χ2n) is 6.97. The Kier molecular flexibility index (Phi) is 6.43. The number of rotatable bonds is 8. The molecule has 0 radical (unpaired) electrons. The molecule has 1 heterocycles. The number of nitrogens with zero attached hydrogens (tertiary/aromatic N) is 1. The molecule has 31 heavy (non-hydrogen) atoms. The smallest absolute Gasteiger partial charge is 0.368 e. The Hall–Kier alpha value is -3.86. The summed E-state index contributed by atoms with van der Waals surface area (Å²) in [4.78, 5) is 17.2. The van der Waals surface area contributed by atoms with E-state index in [9.17, 15) is 4.79 Å². The van der Waals surface area contributed by atoms with Crippen LogP contribution >= 0.6 is 0 Å². The van der Waals surface area contributed by atoms with Gasteiger partial charge in [0.1, 0.15) is 5.71 Å². The van der Waals surface area contributed by atoms with E-state index >= 15 is 0 Å². The molecule has 0 N–H and O–H groups in total. The van der Waals surface area contributed by atoms with Crippen LogP contribution in [0.4, 0.5) is 0 Å². The fourth-order valence-corrected chi connectivity index (χ4v) is 3.31. The summed E-state index contributed by atoms with van der Waals surface area (Å²) in [6.07, 6.45) is 2.57. The van der Waals surface area contributed by atoms with E-state index in [0.717, 1.165) is 17.5 Å². The number of hydrogen-bond donors (Lipinski definition) is 0. The van der Waals surface area contributed by atoms with Crippen molar-refractivity contribution in [1.29, 1.82) is 0 Å². The fourth-order valence-electron chi connectivity index (χ4n) is 3.31. The molecule has 0 atom stereocenters. The maximum absolute atomic E-state index is 12.3. The number of carbonyl (C=O) groups excluding carboxylic acids is 1. The molecule has 3 aromatic carbocycles. The average molecular weight is 413 g/mol. The first kappa shape index (κ1) is 20.4. The highest BCUT2D eigenvalue weighted by atomic mass is 16.7. The van der Waals surface area contributed by atoms with E-state index < -0.39 is 5.97 Å². The van der Waals surface area contributed by atoms with Crippen molar-refractivity contribution >= 4 is 17.8 Å². The van der Waals surface area contributed by atoms with Crippen LogP contribution in [0.3, 0.4) is 0 Å². The van der Waals surface area contributed by atoms with E-state index in [1.807, 2.05) is 73.7 Å². The molecule has 0 spiro atoms. The molecule has 0 aromatic heterocycles. The Balaban J connectivity index is 1.54. The first-order valence-corrected chi connectivity index (χ1v) is 10.2. The Labute approximate surface area is 181 Å². The third-order valence-electron chi connectivity index (χ3n) is 4.81. The van der Waals surface area contributed by atoms with Gasteiger partial charge in [-0.2, -0.15) is 0 Å². The van der Waals surface area contributed by atoms with Gasteiger partial charge in [0.25, 0.3) is 0 Å². The lowest BCUT2D eigenvalue weighted by Crippen LogP contribution is -2.07. The first-order valence-electron chi connectivity index (χ1n) is 10.2. The Morgan fingerprint density at radius 1 is 0.903 bits per heavy atom. The summed E-state index contributed by atoms with van der Waals surface area (Å²) in [7, 11) is 0. The van der Waals surface area contributed by atoms with Crippen LogP contribution in [0.15, 0.2) is 89.6 Å². The lowest BCUT2D eigenvalue weighted by Gasteiger charge is -2.13. The zero-order valence-electron chi connectivity index (χ0n) is 17.3. The summed E-state index contributed by atoms with van der Waals surface area (Å²) in [5.74, 6) is 0.834. The molecular formula is C26H23NO4. The summed E-state index contributed by atoms with van der Waals surface area (Å²) in [5, 5.41) is 3.95. The van der Waals surface area contributed by atoms with Crippen LogP contribution < -0.4 is 9.47 Å². The van der Waals surface area contributed by atoms with Crippen LogP contribution in [-0.4, -0.2) is 24.9 Å². The number of hydrogen-bond acceptors (Lipinski definition) is 5. The summed E-state index contributed by atoms with van der Waals surface area (Å²) in [6.45, 7) is 2.98. The maximum Gasteiger partial charge on any atom is 0.368 e. The monoisotopic (exact) mass is 413 g/mol. The number of ether oxygens (including phenoxy) is 2. The Bertz CT molecular complexity index is 1100. The molecule has 156 valence electrons. The molecule has 0 unspecified atom stereocenters. The van der Waals surface area contributed by atoms with Crippen molar-refractivity contribution in [2.45, 2.75) is 13.3 Å². The van der Waals surface area contributed by atoms with Crippen molar-refractivity contribution in [2.24, 2.45) is 5.16 Å². The summed E-state index contributed by atoms with van der Waals surface area (Å²) in [6, 6.07) is 25.3. The third-order valence-corrected chi connectivity index (χ3v) is 4.81. The lowest BCUT2D eigenvalue weighted by atomic mass is 10.0. The quantitative estimate of drug-likeness (QED) is 0.383. The van der Waals surface area contributed by atoms with Gasteiger partial charge in [0, 0.05) is 12.0 Å². The van der Waals surface area contributed by atoms with Gasteiger partial charge in [-0.25, -0.2) is 4.79 Å². The summed E-state index contributed by atoms with van der Waals surface area (Å²) in [5.41, 5.74) is 3.77. The van der Waals surface area contributed by atoms with Crippen molar-refractivity contribution in [2.75, 3.05) is 13.2 Å². The van der Waals surface area contributed by atoms with Gasteiger partial charge in [-0.3, -0.25) is 0 Å². The molecule has 4 rings (SSSR count). The van der Waals surface area contributed by atoms with Crippen molar-refractivity contribution in [3.05, 3.63) is 101 Å². The molecule has 0 saturated heterocycles. The van der Waals surface area contributed by atoms with Gasteiger partial charge in [-0.1, -0.05) is 71.9 Å². The van der Waals surface area contributed by atoms with E-state index in [4.69, 9.17) is 14.3 Å². The minimum atomic E-state index is -0.472. The van der Waals surface area contributed by atoms with Crippen molar-refractivity contribution in [1.82, 2.24) is 0 Å². The first-order chi connectivity index (χ1) is 15.2. The van der Waals surface area contributed by atoms with Crippen LogP contribution in [0.25, 0.3) is 6.08 Å². The SMILES string of the molecule is CCOc1cc(/C=C2\C(=O)ON=C2c2ccccc2)ccc1OCCc1ccccc1. The highest BCUT2D eigenvalue weighted by molar-refractivity contribution is 6.31. The van der Waals surface area contributed by atoms with Gasteiger partial charge in [0.15, 0.2) is 11.5 Å². The molecule has 5 nitrogen and oxygen atoms in total. The van der Waals surface area contributed by atoms with E-state index in [2.05, 4.69) is 17.3 Å². The largest absolute Gasteiger partial charge is 0.490 e. The number of oxime groups is 1. The van der Waals surface area contributed by atoms with Gasteiger partial charge in [-0.15, -0.1) is 0 Å². The van der Waals surface area contributed by atoms with E-state index in [1.165, 1.54) is 5.56 Å². The third kappa shape index (κ3) is 5.01. The van der Waals surface area contributed by atoms with Crippen LogP contribution in [0, 0.1) is 0 Å². The van der Waals surface area contributed by atoms with Gasteiger partial charge in [0.05, 0.1) is 18.8 Å². The minimum absolute atomic E-state index is 0.409. The zero-order valence-corrected chi connectivity index (χ0v) is 17.3. The van der Waals surface area contributed by atoms with Gasteiger partial charge in [0.2, 0.25) is 0 Å². The van der Waals surface area contributed by atoms with Crippen molar-refractivity contribution in [3.63, 3.8) is 0 Å². The molecule has 5 heteroatoms. The van der Waals surface area contributed by atoms with E-state index in [1.54, 1.807) is 6.08 Å². The Morgan fingerprint density at radius 3 is 2.39 bits per heavy atom. The van der Waals surface area contributed by atoms with Crippen molar-refractivity contribution < 1.29 is 19.1 Å². The molecule has 1 aliphatic rings. The average Bonchev–Trinajstić information content (AvgIpc) is 3.17. The van der Waals surface area contributed by atoms with Crippen LogP contribution in [0.1, 0.15) is 23.6 Å². The highest BCUT2D eigenvalue weighted by Gasteiger charge is 2.26. The molecule has 0 aliphatic carbocycles. The molecular weight excluding hydrogens is 390 g/mol. The summed E-state index contributed by atoms with van der Waals surface area (Å²) < 4.78 is 11.8. The van der Waals surface area contributed by atoms with E-state index in [0.29, 0.717) is 36.0 Å². The molecule has 0 fully saturated rings. The molecule has 0 bridgehead atoms. The van der Waals surface area contributed by atoms with Gasteiger partial charge < -0.3 is 14.3 Å². The number of benzene rings is 3. The molecule has 3 aromatic rings. The predicted molar refractivity (Wildman–Crippen MR) is 120 cm³/mol. The highest BCUT2D eigenvalue weighted by Crippen LogP contribution is 2.30. The minimum Gasteiger partial charge on any atom is -0.490 e. The number of carbonyl (C=O) groups is 1. The normalized spacial score (nSPS) is 14.3. The van der Waals surface area contributed by atoms with Crippen molar-refractivity contribution in [3.8, 4) is 11.5 Å². The summed E-state index contributed by atoms with van der Waals surface area (Å²) >= 11 is 0. The van der Waals surface area contributed by atoms with Crippen LogP contribution in [-0.2, 0) is 16.1 Å². The second kappa shape index (κ2) is 9.76. The predicted octanol–water partition coefficient (Wildman–Crippen LogP) is 5.05. The molecule has 1 aliphatic heterocycles. The van der Waals surface area contributed by atoms with Crippen LogP contribution in [0.5, 0.6) is 11.5 Å². The molecule has 0 amide bonds. The van der Waals surface area contributed by atoms with Crippen LogP contribution in [0.2, 0.25) is 0 Å². The Morgan fingerprint density at radius 2 is 1.65 bits per heavy atom. The topological polar surface area (TPSA) is 57.1 Å². The standard InChI is InChI=1S/C26H23NO4/c1-2-29-24-18-20(13-14-23(24)30-16-15-19-9-5-3-6-10-19)17-22-25(27-31-26(22)28)21-11-7-4-8-12-21/h3-14,17-18H,2,15-16H2,1H3/b22-17-. The zero-order chi connectivity index (χ0) is 21.5. The van der Waals surface area contributed by atoms with E-state index in [-0.39, 0.29) is 0 Å². The van der Waals surface area contributed by atoms with Gasteiger partial charge >= 0.3 is 5.97 Å². The maximum atomic E-state index is 12.3.